The first-order chi connectivity index (χ1) is 9.88. The lowest BCUT2D eigenvalue weighted by molar-refractivity contribution is -0.385. The lowest BCUT2D eigenvalue weighted by Gasteiger charge is -2.07. The van der Waals surface area contributed by atoms with Crippen molar-refractivity contribution in [2.75, 3.05) is 5.32 Å². The van der Waals surface area contributed by atoms with Crippen molar-refractivity contribution in [3.05, 3.63) is 67.0 Å². The van der Waals surface area contributed by atoms with Crippen LogP contribution in [0.3, 0.4) is 0 Å². The maximum atomic E-state index is 13.7. The number of benzene rings is 2. The molecule has 2 aromatic carbocycles. The topological polar surface area (TPSA) is 72.2 Å². The van der Waals surface area contributed by atoms with Crippen molar-refractivity contribution < 1.29 is 14.1 Å². The molecule has 2 rings (SSSR count). The van der Waals surface area contributed by atoms with Gasteiger partial charge in [0.15, 0.2) is 0 Å². The minimum absolute atomic E-state index is 0.0918. The molecule has 21 heavy (non-hydrogen) atoms. The van der Waals surface area contributed by atoms with E-state index in [1.807, 2.05) is 0 Å². The molecule has 0 unspecified atom stereocenters. The summed E-state index contributed by atoms with van der Waals surface area (Å²) >= 11 is 2.12. The minimum atomic E-state index is -0.781. The van der Waals surface area contributed by atoms with E-state index in [9.17, 15) is 19.3 Å². The second-order valence-electron chi connectivity index (χ2n) is 4.32. The van der Waals surface area contributed by atoms with Crippen LogP contribution in [0.15, 0.2) is 36.4 Å². The Morgan fingerprint density at radius 3 is 2.48 bits per heavy atom. The molecule has 0 bridgehead atoms. The summed E-state index contributed by atoms with van der Waals surface area (Å²) in [4.78, 5) is 22.2. The molecule has 1 amide bonds. The van der Waals surface area contributed by atoms with Crippen molar-refractivity contribution in [2.24, 2.45) is 0 Å². The van der Waals surface area contributed by atoms with E-state index in [0.29, 0.717) is 5.69 Å². The standard InChI is InChI=1S/C14H10FIN2O3/c1-8-12(15)6-9(7-13(8)18(20)21)14(19)17-11-4-2-10(16)3-5-11/h2-7H,1H3,(H,17,19). The van der Waals surface area contributed by atoms with Gasteiger partial charge >= 0.3 is 0 Å². The van der Waals surface area contributed by atoms with Gasteiger partial charge in [0.2, 0.25) is 0 Å². The molecule has 0 saturated carbocycles. The molecule has 0 atom stereocenters. The number of carbonyl (C=O) groups excluding carboxylic acids is 1. The zero-order valence-corrected chi connectivity index (χ0v) is 13.0. The van der Waals surface area contributed by atoms with Crippen LogP contribution in [0.1, 0.15) is 15.9 Å². The molecule has 1 N–H and O–H groups in total. The molecule has 0 radical (unpaired) electrons. The van der Waals surface area contributed by atoms with Gasteiger partial charge in [-0.1, -0.05) is 0 Å². The normalized spacial score (nSPS) is 10.2. The summed E-state index contributed by atoms with van der Waals surface area (Å²) in [6, 6.07) is 9.05. The molecule has 7 heteroatoms. The second-order valence-corrected chi connectivity index (χ2v) is 5.57. The molecule has 0 spiro atoms. The van der Waals surface area contributed by atoms with Crippen LogP contribution in [0, 0.1) is 26.4 Å². The van der Waals surface area contributed by atoms with Gasteiger partial charge in [-0.2, -0.15) is 0 Å². The van der Waals surface area contributed by atoms with Crippen molar-refractivity contribution in [1.82, 2.24) is 0 Å². The molecular weight excluding hydrogens is 390 g/mol. The predicted molar refractivity (Wildman–Crippen MR) is 84.9 cm³/mol. The van der Waals surface area contributed by atoms with E-state index in [0.717, 1.165) is 15.7 Å². The molecule has 0 aliphatic rings. The Labute approximate surface area is 133 Å². The van der Waals surface area contributed by atoms with Crippen LogP contribution in [0.4, 0.5) is 15.8 Å². The summed E-state index contributed by atoms with van der Waals surface area (Å²) in [6.45, 7) is 1.30. The largest absolute Gasteiger partial charge is 0.322 e. The number of nitrogens with zero attached hydrogens (tertiary/aromatic N) is 1. The highest BCUT2D eigenvalue weighted by Crippen LogP contribution is 2.23. The number of hydrogen-bond donors (Lipinski definition) is 1. The van der Waals surface area contributed by atoms with Gasteiger partial charge in [0.1, 0.15) is 5.82 Å². The fourth-order valence-corrected chi connectivity index (χ4v) is 2.08. The van der Waals surface area contributed by atoms with Crippen molar-refractivity contribution in [1.29, 1.82) is 0 Å². The third-order valence-electron chi connectivity index (χ3n) is 2.88. The zero-order chi connectivity index (χ0) is 15.6. The van der Waals surface area contributed by atoms with Gasteiger partial charge in [0.25, 0.3) is 11.6 Å². The van der Waals surface area contributed by atoms with Crippen molar-refractivity contribution in [3.63, 3.8) is 0 Å². The minimum Gasteiger partial charge on any atom is -0.322 e. The molecule has 0 saturated heterocycles. The summed E-state index contributed by atoms with van der Waals surface area (Å²) in [5, 5.41) is 13.4. The average Bonchev–Trinajstić information content (AvgIpc) is 2.43. The summed E-state index contributed by atoms with van der Waals surface area (Å²) in [5.41, 5.74) is -0.0685. The molecule has 0 aliphatic carbocycles. The summed E-state index contributed by atoms with van der Waals surface area (Å²) in [6.07, 6.45) is 0. The van der Waals surface area contributed by atoms with Crippen LogP contribution >= 0.6 is 22.6 Å². The Kier molecular flexibility index (Phi) is 4.51. The van der Waals surface area contributed by atoms with E-state index in [4.69, 9.17) is 0 Å². The van der Waals surface area contributed by atoms with Crippen LogP contribution < -0.4 is 5.32 Å². The molecule has 5 nitrogen and oxygen atoms in total. The Hall–Kier alpha value is -2.03. The number of halogens is 2. The summed E-state index contributed by atoms with van der Waals surface area (Å²) in [7, 11) is 0. The molecule has 0 aromatic heterocycles. The van der Waals surface area contributed by atoms with Gasteiger partial charge < -0.3 is 5.32 Å². The number of nitro groups is 1. The average molecular weight is 400 g/mol. The quantitative estimate of drug-likeness (QED) is 0.483. The summed E-state index contributed by atoms with van der Waals surface area (Å²) in [5.74, 6) is -1.38. The highest BCUT2D eigenvalue weighted by atomic mass is 127. The van der Waals surface area contributed by atoms with E-state index in [-0.39, 0.29) is 11.1 Å². The van der Waals surface area contributed by atoms with E-state index >= 15 is 0 Å². The first-order valence-electron chi connectivity index (χ1n) is 5.90. The van der Waals surface area contributed by atoms with Crippen LogP contribution in [0.5, 0.6) is 0 Å². The fourth-order valence-electron chi connectivity index (χ4n) is 1.72. The van der Waals surface area contributed by atoms with Crippen LogP contribution in [-0.4, -0.2) is 10.8 Å². The van der Waals surface area contributed by atoms with Gasteiger partial charge in [-0.05, 0) is 59.8 Å². The number of amides is 1. The molecule has 0 heterocycles. The third kappa shape index (κ3) is 3.54. The van der Waals surface area contributed by atoms with Gasteiger partial charge in [-0.15, -0.1) is 0 Å². The maximum absolute atomic E-state index is 13.7. The lowest BCUT2D eigenvalue weighted by Crippen LogP contribution is -2.13. The Morgan fingerprint density at radius 1 is 1.29 bits per heavy atom. The SMILES string of the molecule is Cc1c(F)cc(C(=O)Nc2ccc(I)cc2)cc1[N+](=O)[O-]. The fraction of sp³-hybridized carbons (Fsp3) is 0.0714. The van der Waals surface area contributed by atoms with E-state index < -0.39 is 22.3 Å². The van der Waals surface area contributed by atoms with E-state index in [2.05, 4.69) is 27.9 Å². The lowest BCUT2D eigenvalue weighted by atomic mass is 10.1. The predicted octanol–water partition coefficient (Wildman–Crippen LogP) is 3.90. The van der Waals surface area contributed by atoms with Crippen molar-refractivity contribution >= 4 is 39.9 Å². The maximum Gasteiger partial charge on any atom is 0.276 e. The molecule has 0 aliphatic heterocycles. The number of rotatable bonds is 3. The first-order valence-corrected chi connectivity index (χ1v) is 6.98. The van der Waals surface area contributed by atoms with Gasteiger partial charge in [0, 0.05) is 20.9 Å². The number of anilines is 1. The zero-order valence-electron chi connectivity index (χ0n) is 10.9. The Morgan fingerprint density at radius 2 is 1.90 bits per heavy atom. The van der Waals surface area contributed by atoms with Gasteiger partial charge in [0.05, 0.1) is 10.5 Å². The third-order valence-corrected chi connectivity index (χ3v) is 3.60. The highest BCUT2D eigenvalue weighted by Gasteiger charge is 2.19. The first kappa shape index (κ1) is 15.4. The number of carbonyl (C=O) groups is 1. The second kappa shape index (κ2) is 6.17. The summed E-state index contributed by atoms with van der Waals surface area (Å²) < 4.78 is 14.7. The van der Waals surface area contributed by atoms with Gasteiger partial charge in [-0.25, -0.2) is 4.39 Å². The molecular formula is C14H10FIN2O3. The van der Waals surface area contributed by atoms with E-state index in [1.54, 1.807) is 24.3 Å². The van der Waals surface area contributed by atoms with Crippen LogP contribution in [-0.2, 0) is 0 Å². The van der Waals surface area contributed by atoms with E-state index in [1.165, 1.54) is 6.92 Å². The molecule has 2 aromatic rings. The number of nitro benzene ring substituents is 1. The highest BCUT2D eigenvalue weighted by molar-refractivity contribution is 14.1. The van der Waals surface area contributed by atoms with Crippen molar-refractivity contribution in [3.8, 4) is 0 Å². The number of hydrogen-bond acceptors (Lipinski definition) is 3. The smallest absolute Gasteiger partial charge is 0.276 e. The number of nitrogens with one attached hydrogen (secondary N) is 1. The van der Waals surface area contributed by atoms with Crippen molar-refractivity contribution in [2.45, 2.75) is 6.92 Å². The van der Waals surface area contributed by atoms with Crippen LogP contribution in [0.2, 0.25) is 0 Å². The molecule has 108 valence electrons. The Bertz CT molecular complexity index is 717. The molecule has 0 fully saturated rings. The monoisotopic (exact) mass is 400 g/mol. The van der Waals surface area contributed by atoms with Crippen LogP contribution in [0.25, 0.3) is 0 Å². The van der Waals surface area contributed by atoms with Gasteiger partial charge in [-0.3, -0.25) is 14.9 Å². The Balaban J connectivity index is 2.31.